The fourth-order valence-electron chi connectivity index (χ4n) is 2.36. The molecule has 0 bridgehead atoms. The predicted molar refractivity (Wildman–Crippen MR) is 138 cm³/mol. The van der Waals surface area contributed by atoms with Crippen LogP contribution in [0, 0.1) is 47.1 Å². The molecule has 1 aliphatic heterocycles. The Labute approximate surface area is 233 Å². The number of nitrogens with zero attached hydrogens (tertiary/aromatic N) is 10. The average Bonchev–Trinajstić information content (AvgIpc) is 2.83. The van der Waals surface area contributed by atoms with E-state index in [9.17, 15) is 19.2 Å². The van der Waals surface area contributed by atoms with Crippen LogP contribution in [0.25, 0.3) is 9.69 Å². The molecule has 1 saturated heterocycles. The number of nitriles is 3. The summed E-state index contributed by atoms with van der Waals surface area (Å²) >= 11 is 9.93. The summed E-state index contributed by atoms with van der Waals surface area (Å²) in [7, 11) is 0. The van der Waals surface area contributed by atoms with E-state index in [2.05, 4.69) is 27.4 Å². The van der Waals surface area contributed by atoms with Gasteiger partial charge < -0.3 is 14.6 Å². The van der Waals surface area contributed by atoms with Crippen LogP contribution in [0.15, 0.2) is 0 Å². The number of hydrogen-bond acceptors (Lipinski definition) is 10. The Morgan fingerprint density at radius 1 is 0.868 bits per heavy atom. The molecule has 1 heterocycles. The van der Waals surface area contributed by atoms with Crippen molar-refractivity contribution in [2.24, 2.45) is 0 Å². The topological polar surface area (TPSA) is 165 Å². The molecular weight excluding hydrogens is 539 g/mol. The lowest BCUT2D eigenvalue weighted by molar-refractivity contribution is -0.130. The molecule has 0 atom stereocenters. The second-order valence-electron chi connectivity index (χ2n) is 7.04. The standard InChI is InChI=1S/C9H12N6.C6H8N2O2.C5H7ClN2O.C2H3ClO/c1-11-5-14-7-13(4-3-10)8-15(9-14)6-12-2;1-6(10)8(3-2-7)4-5-9;1-5(9)8(4-6)3-2-7;1-2(3)4/h4-9H2;5H,3-4H2,1H3;3-4H2,1H3;1H3. The lowest BCUT2D eigenvalue weighted by atomic mass is 10.5. The van der Waals surface area contributed by atoms with Gasteiger partial charge in [0.2, 0.25) is 17.1 Å². The van der Waals surface area contributed by atoms with Gasteiger partial charge in [-0.1, -0.05) is 0 Å². The molecule has 0 radical (unpaired) electrons. The molecule has 14 nitrogen and oxygen atoms in total. The van der Waals surface area contributed by atoms with Gasteiger partial charge in [-0.3, -0.25) is 29.0 Å². The monoisotopic (exact) mass is 568 g/mol. The zero-order valence-electron chi connectivity index (χ0n) is 21.5. The first kappa shape index (κ1) is 38.7. The minimum absolute atomic E-state index is 0.00287. The number of rotatable bonds is 8. The first-order valence-electron chi connectivity index (χ1n) is 10.6. The van der Waals surface area contributed by atoms with E-state index in [1.165, 1.54) is 25.7 Å². The van der Waals surface area contributed by atoms with Crippen molar-refractivity contribution < 1.29 is 19.2 Å². The van der Waals surface area contributed by atoms with Gasteiger partial charge in [0.15, 0.2) is 0 Å². The fraction of sp³-hybridized carbons (Fsp3) is 0.591. The van der Waals surface area contributed by atoms with Gasteiger partial charge in [0.05, 0.1) is 57.3 Å². The third-order valence-electron chi connectivity index (χ3n) is 3.89. The van der Waals surface area contributed by atoms with E-state index < -0.39 is 0 Å². The van der Waals surface area contributed by atoms with Crippen molar-refractivity contribution in [3.05, 3.63) is 22.8 Å². The van der Waals surface area contributed by atoms with Crippen molar-refractivity contribution in [2.75, 3.05) is 65.5 Å². The Morgan fingerprint density at radius 3 is 1.53 bits per heavy atom. The maximum Gasteiger partial charge on any atom is 0.272 e. The second kappa shape index (κ2) is 26.3. The number of aldehydes is 1. The highest BCUT2D eigenvalue weighted by Gasteiger charge is 2.25. The summed E-state index contributed by atoms with van der Waals surface area (Å²) in [6, 6.07) is 5.77. The van der Waals surface area contributed by atoms with Gasteiger partial charge in [-0.05, 0) is 11.6 Å². The third kappa shape index (κ3) is 23.9. The highest BCUT2D eigenvalue weighted by atomic mass is 35.5. The van der Waals surface area contributed by atoms with E-state index in [1.54, 1.807) is 6.07 Å². The first-order valence-corrected chi connectivity index (χ1v) is 11.5. The van der Waals surface area contributed by atoms with Crippen LogP contribution in [0.2, 0.25) is 0 Å². The summed E-state index contributed by atoms with van der Waals surface area (Å²) in [5.41, 5.74) is 0. The number of carbonyl (C=O) groups is 4. The van der Waals surface area contributed by atoms with Crippen LogP contribution < -0.4 is 0 Å². The summed E-state index contributed by atoms with van der Waals surface area (Å²) in [6.07, 6.45) is 0.596. The molecule has 0 spiro atoms. The highest BCUT2D eigenvalue weighted by molar-refractivity contribution is 6.62. The van der Waals surface area contributed by atoms with Gasteiger partial charge in [-0.2, -0.15) is 15.8 Å². The third-order valence-corrected chi connectivity index (χ3v) is 4.18. The van der Waals surface area contributed by atoms with E-state index in [-0.39, 0.29) is 42.7 Å². The smallest absolute Gasteiger partial charge is 0.272 e. The van der Waals surface area contributed by atoms with Crippen LogP contribution in [0.4, 0.5) is 0 Å². The van der Waals surface area contributed by atoms with Crippen molar-refractivity contribution in [2.45, 2.75) is 20.8 Å². The molecule has 38 heavy (non-hydrogen) atoms. The number of alkyl halides is 1. The van der Waals surface area contributed by atoms with E-state index >= 15 is 0 Å². The summed E-state index contributed by atoms with van der Waals surface area (Å²) < 4.78 is 0. The summed E-state index contributed by atoms with van der Waals surface area (Å²) in [4.78, 5) is 54.9. The number of halogens is 2. The minimum Gasteiger partial charge on any atom is -0.323 e. The first-order chi connectivity index (χ1) is 18.0. The largest absolute Gasteiger partial charge is 0.323 e. The van der Waals surface area contributed by atoms with Crippen LogP contribution in [0.1, 0.15) is 20.8 Å². The molecule has 0 N–H and O–H groups in total. The van der Waals surface area contributed by atoms with Gasteiger partial charge in [0.25, 0.3) is 13.3 Å². The van der Waals surface area contributed by atoms with Crippen molar-refractivity contribution in [1.82, 2.24) is 24.5 Å². The molecule has 16 heteroatoms. The number of hydrogen-bond donors (Lipinski definition) is 0. The Balaban J connectivity index is -0.000000468. The predicted octanol–water partition coefficient (Wildman–Crippen LogP) is 0.940. The van der Waals surface area contributed by atoms with Crippen molar-refractivity contribution in [3.8, 4) is 18.2 Å². The van der Waals surface area contributed by atoms with Crippen molar-refractivity contribution in [1.29, 1.82) is 15.8 Å². The van der Waals surface area contributed by atoms with Crippen LogP contribution >= 0.6 is 23.2 Å². The molecule has 0 aromatic carbocycles. The van der Waals surface area contributed by atoms with E-state index in [1.807, 2.05) is 20.8 Å². The van der Waals surface area contributed by atoms with Gasteiger partial charge >= 0.3 is 0 Å². The Morgan fingerprint density at radius 2 is 1.26 bits per heavy atom. The Bertz CT molecular complexity index is 884. The Hall–Kier alpha value is -3.81. The number of carbonyl (C=O) groups excluding carboxylic acids is 4. The van der Waals surface area contributed by atoms with Crippen LogP contribution in [-0.4, -0.2) is 113 Å². The molecule has 1 rings (SSSR count). The van der Waals surface area contributed by atoms with Crippen LogP contribution in [0.5, 0.6) is 0 Å². The molecule has 0 aromatic rings. The molecule has 0 aliphatic carbocycles. The van der Waals surface area contributed by atoms with Gasteiger partial charge in [-0.25, -0.2) is 22.9 Å². The maximum atomic E-state index is 10.5. The van der Waals surface area contributed by atoms with E-state index in [4.69, 9.17) is 40.5 Å². The summed E-state index contributed by atoms with van der Waals surface area (Å²) in [5.74, 6) is -0.430. The van der Waals surface area contributed by atoms with Crippen molar-refractivity contribution in [3.63, 3.8) is 0 Å². The van der Waals surface area contributed by atoms with Crippen molar-refractivity contribution >= 4 is 46.5 Å². The molecule has 0 saturated carbocycles. The van der Waals surface area contributed by atoms with Gasteiger partial charge in [-0.15, -0.1) is 11.6 Å². The zero-order valence-corrected chi connectivity index (χ0v) is 23.0. The Kier molecular flexibility index (Phi) is 26.8. The highest BCUT2D eigenvalue weighted by Crippen LogP contribution is 2.06. The normalized spacial score (nSPS) is 12.2. The summed E-state index contributed by atoms with van der Waals surface area (Å²) in [6.45, 7) is 20.5. The molecular formula is C22H30Cl2N10O4. The lowest BCUT2D eigenvalue weighted by Crippen LogP contribution is -2.54. The second-order valence-corrected chi connectivity index (χ2v) is 7.81. The molecule has 206 valence electrons. The molecule has 0 aromatic heterocycles. The number of amides is 2. The molecule has 0 unspecified atom stereocenters. The van der Waals surface area contributed by atoms with E-state index in [0.717, 1.165) is 4.90 Å². The zero-order chi connectivity index (χ0) is 29.9. The minimum atomic E-state index is -0.361. The maximum absolute atomic E-state index is 10.5. The quantitative estimate of drug-likeness (QED) is 0.103. The van der Waals surface area contributed by atoms with Gasteiger partial charge in [0.1, 0.15) is 19.4 Å². The molecule has 1 aliphatic rings. The fourth-order valence-corrected chi connectivity index (χ4v) is 2.62. The average molecular weight is 569 g/mol. The van der Waals surface area contributed by atoms with Crippen LogP contribution in [0.3, 0.4) is 0 Å². The van der Waals surface area contributed by atoms with Gasteiger partial charge in [0, 0.05) is 20.8 Å². The molecule has 1 fully saturated rings. The summed E-state index contributed by atoms with van der Waals surface area (Å²) in [5, 5.41) is 24.5. The SMILES string of the molecule is CC(=O)Cl.CC(=O)N(CC#N)CC=O.CC(=O)N(CCl)CC#N.[C-]#[N+]CN1CN(CC#N)CN(C[N+]#[C-])C1. The molecule has 2 amide bonds. The van der Waals surface area contributed by atoms with Crippen LogP contribution in [-0.2, 0) is 19.2 Å². The van der Waals surface area contributed by atoms with E-state index in [0.29, 0.717) is 46.2 Å². The lowest BCUT2D eigenvalue weighted by Gasteiger charge is -2.36.